The Bertz CT molecular complexity index is 506. The summed E-state index contributed by atoms with van der Waals surface area (Å²) in [6.45, 7) is 6.98. The van der Waals surface area contributed by atoms with E-state index >= 15 is 0 Å². The summed E-state index contributed by atoms with van der Waals surface area (Å²) in [7, 11) is 1.90. The Morgan fingerprint density at radius 1 is 1.38 bits per heavy atom. The predicted octanol–water partition coefficient (Wildman–Crippen LogP) is 3.65. The number of amides is 2. The van der Waals surface area contributed by atoms with Crippen LogP contribution in [0.1, 0.15) is 31.7 Å². The molecular weight excluding hydrogens is 322 g/mol. The van der Waals surface area contributed by atoms with Gasteiger partial charge in [-0.15, -0.1) is 0 Å². The number of nitrogens with one attached hydrogen (secondary N) is 1. The summed E-state index contributed by atoms with van der Waals surface area (Å²) in [5.41, 5.74) is 1.33. The first-order chi connectivity index (χ1) is 11.6. The van der Waals surface area contributed by atoms with Gasteiger partial charge in [0.2, 0.25) is 0 Å². The number of halogens is 1. The highest BCUT2D eigenvalue weighted by molar-refractivity contribution is 6.30. The van der Waals surface area contributed by atoms with Gasteiger partial charge in [-0.3, -0.25) is 0 Å². The van der Waals surface area contributed by atoms with Gasteiger partial charge >= 0.3 is 6.03 Å². The fraction of sp³-hybridized carbons (Fsp3) is 0.632. The fourth-order valence-corrected chi connectivity index (χ4v) is 3.40. The third-order valence-corrected chi connectivity index (χ3v) is 4.89. The number of rotatable bonds is 7. The van der Waals surface area contributed by atoms with E-state index in [4.69, 9.17) is 11.6 Å². The van der Waals surface area contributed by atoms with Gasteiger partial charge in [0.1, 0.15) is 0 Å². The number of benzene rings is 1. The summed E-state index contributed by atoms with van der Waals surface area (Å²) < 4.78 is 0. The summed E-state index contributed by atoms with van der Waals surface area (Å²) in [6.07, 6.45) is 4.46. The lowest BCUT2D eigenvalue weighted by atomic mass is 9.97. The van der Waals surface area contributed by atoms with Crippen LogP contribution in [0.15, 0.2) is 24.3 Å². The van der Waals surface area contributed by atoms with E-state index in [0.29, 0.717) is 5.92 Å². The Labute approximate surface area is 151 Å². The molecule has 4 nitrogen and oxygen atoms in total. The van der Waals surface area contributed by atoms with Gasteiger partial charge in [-0.1, -0.05) is 30.7 Å². The Balaban J connectivity index is 1.74. The van der Waals surface area contributed by atoms with E-state index in [1.807, 2.05) is 24.1 Å². The molecule has 1 aliphatic heterocycles. The van der Waals surface area contributed by atoms with Crippen molar-refractivity contribution in [2.45, 2.75) is 32.6 Å². The quantitative estimate of drug-likeness (QED) is 0.814. The molecule has 24 heavy (non-hydrogen) atoms. The first-order valence-electron chi connectivity index (χ1n) is 9.04. The molecule has 2 amide bonds. The molecule has 1 fully saturated rings. The van der Waals surface area contributed by atoms with Crippen LogP contribution in [-0.2, 0) is 6.42 Å². The number of nitrogens with zero attached hydrogens (tertiary/aromatic N) is 2. The van der Waals surface area contributed by atoms with Crippen molar-refractivity contribution in [3.8, 4) is 0 Å². The molecule has 0 radical (unpaired) electrons. The Morgan fingerprint density at radius 2 is 2.12 bits per heavy atom. The van der Waals surface area contributed by atoms with Crippen LogP contribution in [0, 0.1) is 5.92 Å². The number of hydrogen-bond acceptors (Lipinski definition) is 2. The molecule has 1 aliphatic rings. The smallest absolute Gasteiger partial charge is 0.317 e. The van der Waals surface area contributed by atoms with Gasteiger partial charge in [-0.2, -0.15) is 0 Å². The van der Waals surface area contributed by atoms with E-state index in [0.717, 1.165) is 50.6 Å². The fourth-order valence-electron chi connectivity index (χ4n) is 3.28. The molecule has 0 bridgehead atoms. The average molecular weight is 352 g/mol. The summed E-state index contributed by atoms with van der Waals surface area (Å²) in [6, 6.07) is 8.18. The Hall–Kier alpha value is -1.26. The molecule has 0 spiro atoms. The monoisotopic (exact) mass is 351 g/mol. The highest BCUT2D eigenvalue weighted by atomic mass is 35.5. The predicted molar refractivity (Wildman–Crippen MR) is 101 cm³/mol. The second kappa shape index (κ2) is 9.90. The number of hydrogen-bond donors (Lipinski definition) is 1. The molecule has 1 saturated heterocycles. The van der Waals surface area contributed by atoms with Gasteiger partial charge in [0, 0.05) is 38.2 Å². The lowest BCUT2D eigenvalue weighted by molar-refractivity contribution is 0.146. The zero-order valence-corrected chi connectivity index (χ0v) is 15.7. The van der Waals surface area contributed by atoms with Crippen LogP contribution in [0.5, 0.6) is 0 Å². The number of carbonyl (C=O) groups excluding carboxylic acids is 1. The minimum Gasteiger partial charge on any atom is -0.338 e. The molecule has 1 atom stereocenters. The van der Waals surface area contributed by atoms with Crippen LogP contribution in [-0.4, -0.2) is 55.6 Å². The first kappa shape index (κ1) is 19.1. The maximum Gasteiger partial charge on any atom is 0.317 e. The molecule has 0 aromatic heterocycles. The summed E-state index contributed by atoms with van der Waals surface area (Å²) in [4.78, 5) is 16.4. The molecule has 1 aromatic carbocycles. The van der Waals surface area contributed by atoms with E-state index in [9.17, 15) is 4.79 Å². The van der Waals surface area contributed by atoms with Crippen molar-refractivity contribution in [1.82, 2.24) is 15.1 Å². The first-order valence-corrected chi connectivity index (χ1v) is 9.42. The normalized spacial score (nSPS) is 18.4. The third-order valence-electron chi connectivity index (χ3n) is 4.64. The molecule has 0 unspecified atom stereocenters. The van der Waals surface area contributed by atoms with Crippen LogP contribution < -0.4 is 5.32 Å². The van der Waals surface area contributed by atoms with Crippen LogP contribution in [0.3, 0.4) is 0 Å². The van der Waals surface area contributed by atoms with Gasteiger partial charge in [-0.05, 0) is 55.8 Å². The highest BCUT2D eigenvalue weighted by Gasteiger charge is 2.22. The summed E-state index contributed by atoms with van der Waals surface area (Å²) in [5.74, 6) is 0.571. The lowest BCUT2D eigenvalue weighted by Gasteiger charge is -2.34. The minimum atomic E-state index is 0.0511. The van der Waals surface area contributed by atoms with E-state index in [2.05, 4.69) is 29.3 Å². The topological polar surface area (TPSA) is 35.6 Å². The van der Waals surface area contributed by atoms with Gasteiger partial charge in [-0.25, -0.2) is 4.79 Å². The van der Waals surface area contributed by atoms with Crippen molar-refractivity contribution < 1.29 is 4.79 Å². The van der Waals surface area contributed by atoms with Gasteiger partial charge in [0.15, 0.2) is 0 Å². The highest BCUT2D eigenvalue weighted by Crippen LogP contribution is 2.18. The molecule has 0 aliphatic carbocycles. The molecule has 1 aromatic rings. The van der Waals surface area contributed by atoms with E-state index in [1.54, 1.807) is 0 Å². The molecule has 0 saturated carbocycles. The third kappa shape index (κ3) is 6.33. The standard InChI is InChI=1S/C19H30ClN3O/c1-3-11-21-19(24)22(2)14-17-5-4-12-23(15-17)13-10-16-6-8-18(20)9-7-16/h6-9,17H,3-5,10-15H2,1-2H3,(H,21,24)/t17-/m0/s1. The van der Waals surface area contributed by atoms with Crippen molar-refractivity contribution >= 4 is 17.6 Å². The molecule has 134 valence electrons. The Kier molecular flexibility index (Phi) is 7.86. The Morgan fingerprint density at radius 3 is 2.83 bits per heavy atom. The van der Waals surface area contributed by atoms with E-state index in [1.165, 1.54) is 18.4 Å². The van der Waals surface area contributed by atoms with Crippen LogP contribution in [0.25, 0.3) is 0 Å². The molecular formula is C19H30ClN3O. The van der Waals surface area contributed by atoms with Gasteiger partial charge in [0.25, 0.3) is 0 Å². The number of likely N-dealkylation sites (tertiary alicyclic amines) is 1. The van der Waals surface area contributed by atoms with E-state index in [-0.39, 0.29) is 6.03 Å². The second-order valence-electron chi connectivity index (χ2n) is 6.80. The van der Waals surface area contributed by atoms with Crippen LogP contribution in [0.4, 0.5) is 4.79 Å². The second-order valence-corrected chi connectivity index (χ2v) is 7.23. The zero-order chi connectivity index (χ0) is 17.4. The lowest BCUT2D eigenvalue weighted by Crippen LogP contribution is -2.45. The maximum absolute atomic E-state index is 12.0. The number of piperidine rings is 1. The zero-order valence-electron chi connectivity index (χ0n) is 14.9. The summed E-state index contributed by atoms with van der Waals surface area (Å²) in [5, 5.41) is 3.74. The van der Waals surface area contributed by atoms with Crippen molar-refractivity contribution in [3.05, 3.63) is 34.9 Å². The maximum atomic E-state index is 12.0. The van der Waals surface area contributed by atoms with Crippen LogP contribution >= 0.6 is 11.6 Å². The number of carbonyl (C=O) groups is 1. The van der Waals surface area contributed by atoms with Crippen molar-refractivity contribution in [2.75, 3.05) is 39.8 Å². The van der Waals surface area contributed by atoms with Crippen molar-refractivity contribution in [3.63, 3.8) is 0 Å². The van der Waals surface area contributed by atoms with Crippen molar-refractivity contribution in [1.29, 1.82) is 0 Å². The van der Waals surface area contributed by atoms with Gasteiger partial charge < -0.3 is 15.1 Å². The van der Waals surface area contributed by atoms with E-state index < -0.39 is 0 Å². The largest absolute Gasteiger partial charge is 0.338 e. The van der Waals surface area contributed by atoms with Crippen LogP contribution in [0.2, 0.25) is 5.02 Å². The van der Waals surface area contributed by atoms with Gasteiger partial charge in [0.05, 0.1) is 0 Å². The SMILES string of the molecule is CCCNC(=O)N(C)C[C@@H]1CCCN(CCc2ccc(Cl)cc2)C1. The molecule has 2 rings (SSSR count). The average Bonchev–Trinajstić information content (AvgIpc) is 2.59. The molecule has 5 heteroatoms. The summed E-state index contributed by atoms with van der Waals surface area (Å²) >= 11 is 5.94. The van der Waals surface area contributed by atoms with Crippen molar-refractivity contribution in [2.24, 2.45) is 5.92 Å². The molecule has 1 N–H and O–H groups in total. The minimum absolute atomic E-state index is 0.0511. The number of urea groups is 1. The molecule has 1 heterocycles.